The summed E-state index contributed by atoms with van der Waals surface area (Å²) in [5.41, 5.74) is 5.46. The molecule has 1 rings (SSSR count). The highest BCUT2D eigenvalue weighted by molar-refractivity contribution is 5.40. The number of anilines is 2. The normalized spacial score (nSPS) is 12.5. The molecule has 1 atom stereocenters. The van der Waals surface area contributed by atoms with Gasteiger partial charge in [-0.15, -0.1) is 0 Å². The summed E-state index contributed by atoms with van der Waals surface area (Å²) in [7, 11) is 1.83. The summed E-state index contributed by atoms with van der Waals surface area (Å²) in [6, 6.07) is 0. The van der Waals surface area contributed by atoms with Gasteiger partial charge in [0, 0.05) is 13.6 Å². The van der Waals surface area contributed by atoms with Crippen LogP contribution in [0.3, 0.4) is 0 Å². The molecule has 0 spiro atoms. The number of hydrogen-bond donors (Lipinski definition) is 2. The minimum Gasteiger partial charge on any atom is -0.392 e. The second-order valence-electron chi connectivity index (χ2n) is 3.03. The molecule has 0 fully saturated rings. The van der Waals surface area contributed by atoms with Crippen LogP contribution < -0.4 is 10.6 Å². The van der Waals surface area contributed by atoms with Crippen LogP contribution in [0.25, 0.3) is 0 Å². The molecule has 0 aliphatic carbocycles. The third-order valence-electron chi connectivity index (χ3n) is 1.57. The first-order valence-electron chi connectivity index (χ1n) is 4.06. The Morgan fingerprint density at radius 3 is 2.85 bits per heavy atom. The topological polar surface area (TPSA) is 75.3 Å². The smallest absolute Gasteiger partial charge is 0.149 e. The lowest BCUT2D eigenvalue weighted by Crippen LogP contribution is -2.27. The zero-order valence-electron chi connectivity index (χ0n) is 7.81. The van der Waals surface area contributed by atoms with Crippen molar-refractivity contribution in [3.8, 4) is 0 Å². The van der Waals surface area contributed by atoms with E-state index in [0.29, 0.717) is 18.2 Å². The Morgan fingerprint density at radius 1 is 1.62 bits per heavy atom. The van der Waals surface area contributed by atoms with Crippen LogP contribution in [0.2, 0.25) is 0 Å². The molecular formula is C8H14N4O. The van der Waals surface area contributed by atoms with Gasteiger partial charge in [-0.1, -0.05) is 0 Å². The number of hydrogen-bond acceptors (Lipinski definition) is 5. The van der Waals surface area contributed by atoms with Crippen LogP contribution in [0.1, 0.15) is 6.92 Å². The van der Waals surface area contributed by atoms with Gasteiger partial charge in [0.1, 0.15) is 11.6 Å². The van der Waals surface area contributed by atoms with Crippen LogP contribution in [0.5, 0.6) is 0 Å². The summed E-state index contributed by atoms with van der Waals surface area (Å²) in [6.45, 7) is 2.23. The molecule has 0 amide bonds. The SMILES string of the molecule is C[C@@H](O)CN(C)c1cncc(N)n1. The molecule has 0 saturated heterocycles. The van der Waals surface area contributed by atoms with E-state index in [2.05, 4.69) is 9.97 Å². The molecule has 5 heteroatoms. The summed E-state index contributed by atoms with van der Waals surface area (Å²) >= 11 is 0. The van der Waals surface area contributed by atoms with Gasteiger partial charge in [-0.25, -0.2) is 4.98 Å². The van der Waals surface area contributed by atoms with E-state index in [1.54, 1.807) is 18.0 Å². The summed E-state index contributed by atoms with van der Waals surface area (Å²) in [5, 5.41) is 9.13. The first-order chi connectivity index (χ1) is 6.09. The van der Waals surface area contributed by atoms with Crippen molar-refractivity contribution in [3.05, 3.63) is 12.4 Å². The van der Waals surface area contributed by atoms with E-state index < -0.39 is 6.10 Å². The Bertz CT molecular complexity index is 277. The number of nitrogen functional groups attached to an aromatic ring is 1. The molecule has 13 heavy (non-hydrogen) atoms. The largest absolute Gasteiger partial charge is 0.392 e. The number of nitrogens with two attached hydrogens (primary N) is 1. The summed E-state index contributed by atoms with van der Waals surface area (Å²) in [4.78, 5) is 9.76. The third-order valence-corrected chi connectivity index (χ3v) is 1.57. The number of nitrogens with zero attached hydrogens (tertiary/aromatic N) is 3. The fourth-order valence-corrected chi connectivity index (χ4v) is 1.04. The van der Waals surface area contributed by atoms with E-state index in [4.69, 9.17) is 10.8 Å². The molecule has 0 aliphatic rings. The van der Waals surface area contributed by atoms with Gasteiger partial charge >= 0.3 is 0 Å². The Labute approximate surface area is 77.2 Å². The van der Waals surface area contributed by atoms with Crippen LogP contribution in [-0.4, -0.2) is 34.8 Å². The van der Waals surface area contributed by atoms with Crippen LogP contribution in [0, 0.1) is 0 Å². The van der Waals surface area contributed by atoms with Crippen molar-refractivity contribution in [1.29, 1.82) is 0 Å². The molecule has 3 N–H and O–H groups in total. The van der Waals surface area contributed by atoms with E-state index in [0.717, 1.165) is 0 Å². The lowest BCUT2D eigenvalue weighted by Gasteiger charge is -2.19. The predicted octanol–water partition coefficient (Wildman–Crippen LogP) is -0.124. The van der Waals surface area contributed by atoms with Crippen LogP contribution in [0.15, 0.2) is 12.4 Å². The average molecular weight is 182 g/mol. The van der Waals surface area contributed by atoms with Crippen molar-refractivity contribution < 1.29 is 5.11 Å². The van der Waals surface area contributed by atoms with Crippen molar-refractivity contribution in [2.24, 2.45) is 0 Å². The quantitative estimate of drug-likeness (QED) is 0.681. The Hall–Kier alpha value is -1.36. The van der Waals surface area contributed by atoms with Crippen molar-refractivity contribution in [3.63, 3.8) is 0 Å². The van der Waals surface area contributed by atoms with Gasteiger partial charge in [-0.05, 0) is 6.92 Å². The molecule has 0 aliphatic heterocycles. The number of aromatic nitrogens is 2. The zero-order valence-corrected chi connectivity index (χ0v) is 7.81. The highest BCUT2D eigenvalue weighted by Gasteiger charge is 2.05. The molecule has 0 radical (unpaired) electrons. The van der Waals surface area contributed by atoms with Gasteiger partial charge in [0.15, 0.2) is 0 Å². The standard InChI is InChI=1S/C8H14N4O/c1-6(13)5-12(2)8-4-10-3-7(9)11-8/h3-4,6,13H,5H2,1-2H3,(H2,9,11)/t6-/m1/s1. The maximum atomic E-state index is 9.13. The molecule has 72 valence electrons. The van der Waals surface area contributed by atoms with Gasteiger partial charge < -0.3 is 15.7 Å². The van der Waals surface area contributed by atoms with Crippen molar-refractivity contribution in [2.75, 3.05) is 24.2 Å². The molecular weight excluding hydrogens is 168 g/mol. The van der Waals surface area contributed by atoms with E-state index >= 15 is 0 Å². The predicted molar refractivity (Wildman–Crippen MR) is 51.4 cm³/mol. The maximum Gasteiger partial charge on any atom is 0.149 e. The van der Waals surface area contributed by atoms with Gasteiger partial charge in [-0.2, -0.15) is 0 Å². The summed E-state index contributed by atoms with van der Waals surface area (Å²) < 4.78 is 0. The molecule has 0 saturated carbocycles. The van der Waals surface area contributed by atoms with Crippen molar-refractivity contribution in [2.45, 2.75) is 13.0 Å². The number of aliphatic hydroxyl groups excluding tert-OH is 1. The van der Waals surface area contributed by atoms with Crippen molar-refractivity contribution >= 4 is 11.6 Å². The van der Waals surface area contributed by atoms with Gasteiger partial charge in [0.2, 0.25) is 0 Å². The molecule has 0 aromatic carbocycles. The van der Waals surface area contributed by atoms with Gasteiger partial charge in [0.05, 0.1) is 18.5 Å². The first kappa shape index (κ1) is 9.73. The monoisotopic (exact) mass is 182 g/mol. The Morgan fingerprint density at radius 2 is 2.31 bits per heavy atom. The molecule has 1 aromatic heterocycles. The highest BCUT2D eigenvalue weighted by Crippen LogP contribution is 2.08. The zero-order chi connectivity index (χ0) is 9.84. The molecule has 0 bridgehead atoms. The minimum absolute atomic E-state index is 0.384. The van der Waals surface area contributed by atoms with E-state index in [9.17, 15) is 0 Å². The first-order valence-corrected chi connectivity index (χ1v) is 4.06. The van der Waals surface area contributed by atoms with Gasteiger partial charge in [-0.3, -0.25) is 4.98 Å². The molecule has 0 unspecified atom stereocenters. The second kappa shape index (κ2) is 4.04. The van der Waals surface area contributed by atoms with E-state index in [1.165, 1.54) is 6.20 Å². The fourth-order valence-electron chi connectivity index (χ4n) is 1.04. The van der Waals surface area contributed by atoms with Crippen LogP contribution >= 0.6 is 0 Å². The Kier molecular flexibility index (Phi) is 3.02. The lowest BCUT2D eigenvalue weighted by molar-refractivity contribution is 0.201. The molecule has 5 nitrogen and oxygen atoms in total. The summed E-state index contributed by atoms with van der Waals surface area (Å²) in [5.74, 6) is 1.05. The third kappa shape index (κ3) is 2.87. The maximum absolute atomic E-state index is 9.13. The summed E-state index contributed by atoms with van der Waals surface area (Å²) in [6.07, 6.45) is 2.70. The fraction of sp³-hybridized carbons (Fsp3) is 0.500. The number of aliphatic hydroxyl groups is 1. The second-order valence-corrected chi connectivity index (χ2v) is 3.03. The van der Waals surface area contributed by atoms with E-state index in [-0.39, 0.29) is 0 Å². The van der Waals surface area contributed by atoms with Crippen molar-refractivity contribution in [1.82, 2.24) is 9.97 Å². The Balaban J connectivity index is 2.71. The van der Waals surface area contributed by atoms with E-state index in [1.807, 2.05) is 7.05 Å². The lowest BCUT2D eigenvalue weighted by atomic mass is 10.4. The minimum atomic E-state index is -0.395. The number of rotatable bonds is 3. The van der Waals surface area contributed by atoms with Gasteiger partial charge in [0.25, 0.3) is 0 Å². The number of likely N-dealkylation sites (N-methyl/N-ethyl adjacent to an activating group) is 1. The average Bonchev–Trinajstić information content (AvgIpc) is 2.03. The van der Waals surface area contributed by atoms with Crippen LogP contribution in [-0.2, 0) is 0 Å². The molecule has 1 heterocycles. The molecule has 1 aromatic rings. The highest BCUT2D eigenvalue weighted by atomic mass is 16.3. The van der Waals surface area contributed by atoms with Crippen LogP contribution in [0.4, 0.5) is 11.6 Å².